The Labute approximate surface area is 188 Å². The highest BCUT2D eigenvalue weighted by molar-refractivity contribution is 5.86. The van der Waals surface area contributed by atoms with Crippen LogP contribution >= 0.6 is 0 Å². The van der Waals surface area contributed by atoms with Crippen LogP contribution < -0.4 is 15.9 Å². The highest BCUT2D eigenvalue weighted by Crippen LogP contribution is 2.29. The predicted molar refractivity (Wildman–Crippen MR) is 123 cm³/mol. The van der Waals surface area contributed by atoms with Gasteiger partial charge < -0.3 is 19.9 Å². The van der Waals surface area contributed by atoms with Crippen molar-refractivity contribution in [1.29, 1.82) is 0 Å². The van der Waals surface area contributed by atoms with Gasteiger partial charge in [0.1, 0.15) is 11.8 Å². The van der Waals surface area contributed by atoms with Crippen LogP contribution in [0.1, 0.15) is 18.9 Å². The Kier molecular flexibility index (Phi) is 4.82. The predicted octanol–water partition coefficient (Wildman–Crippen LogP) is 1.77. The molecule has 2 fully saturated rings. The van der Waals surface area contributed by atoms with Crippen LogP contribution in [-0.4, -0.2) is 68.5 Å². The minimum Gasteiger partial charge on any atom is -0.381 e. The third kappa shape index (κ3) is 3.35. The maximum Gasteiger partial charge on any atom is 0.328 e. The topological polar surface area (TPSA) is 110 Å². The molecule has 0 saturated carbocycles. The molecular weight excluding hydrogens is 422 g/mol. The quantitative estimate of drug-likeness (QED) is 0.463. The van der Waals surface area contributed by atoms with E-state index in [9.17, 15) is 4.79 Å². The first-order valence-electron chi connectivity index (χ1n) is 11.1. The van der Waals surface area contributed by atoms with E-state index in [2.05, 4.69) is 25.0 Å². The number of fused-ring (bicyclic) bond motifs is 2. The van der Waals surface area contributed by atoms with E-state index < -0.39 is 0 Å². The van der Waals surface area contributed by atoms with E-state index in [1.807, 2.05) is 6.07 Å². The van der Waals surface area contributed by atoms with Crippen molar-refractivity contribution in [2.75, 3.05) is 44.3 Å². The minimum absolute atomic E-state index is 0.0203. The molecular formula is C22H23N9O2. The van der Waals surface area contributed by atoms with Gasteiger partial charge in [-0.3, -0.25) is 9.13 Å². The van der Waals surface area contributed by atoms with Crippen molar-refractivity contribution in [1.82, 2.24) is 34.4 Å². The molecule has 11 heteroatoms. The molecule has 2 aliphatic heterocycles. The van der Waals surface area contributed by atoms with E-state index in [1.165, 1.54) is 0 Å². The summed E-state index contributed by atoms with van der Waals surface area (Å²) >= 11 is 0. The van der Waals surface area contributed by atoms with Crippen molar-refractivity contribution in [3.8, 4) is 5.95 Å². The number of imidazole rings is 2. The summed E-state index contributed by atoms with van der Waals surface area (Å²) in [4.78, 5) is 36.1. The first-order valence-corrected chi connectivity index (χ1v) is 11.1. The lowest BCUT2D eigenvalue weighted by Crippen LogP contribution is -2.44. The number of aromatic nitrogens is 6. The van der Waals surface area contributed by atoms with Crippen molar-refractivity contribution in [3.05, 3.63) is 46.4 Å². The van der Waals surface area contributed by atoms with Crippen molar-refractivity contribution >= 4 is 33.7 Å². The van der Waals surface area contributed by atoms with Crippen LogP contribution in [0.3, 0.4) is 0 Å². The van der Waals surface area contributed by atoms with E-state index in [1.54, 1.807) is 27.6 Å². The van der Waals surface area contributed by atoms with Crippen molar-refractivity contribution in [2.45, 2.75) is 18.9 Å². The highest BCUT2D eigenvalue weighted by Gasteiger charge is 2.26. The van der Waals surface area contributed by atoms with E-state index in [0.717, 1.165) is 50.1 Å². The molecule has 2 aliphatic rings. The molecule has 3 aromatic heterocycles. The molecule has 33 heavy (non-hydrogen) atoms. The molecule has 0 spiro atoms. The Hall–Kier alpha value is -3.75. The highest BCUT2D eigenvalue weighted by atomic mass is 16.5. The number of anilines is 1. The van der Waals surface area contributed by atoms with Crippen molar-refractivity contribution in [3.63, 3.8) is 0 Å². The number of ether oxygens (including phenoxy) is 1. The third-order valence-corrected chi connectivity index (χ3v) is 6.39. The standard InChI is InChI=1S/C22H23N9O2/c1-23-14-2-3-16-17(12-14)30(13-25-16)21-27-19(29-8-6-24-7-9-29)18-20(28-21)31(22(32)26-18)15-4-10-33-11-5-15/h2-3,12-13,15,24H,4-11H2,(H,26,32). The van der Waals surface area contributed by atoms with Gasteiger partial charge in [-0.25, -0.2) is 14.6 Å². The summed E-state index contributed by atoms with van der Waals surface area (Å²) in [5.74, 6) is 1.14. The fourth-order valence-electron chi connectivity index (χ4n) is 4.70. The van der Waals surface area contributed by atoms with Gasteiger partial charge in [0.05, 0.1) is 17.6 Å². The van der Waals surface area contributed by atoms with Crippen LogP contribution in [0.4, 0.5) is 11.5 Å². The Morgan fingerprint density at radius 2 is 1.97 bits per heavy atom. The first-order chi connectivity index (χ1) is 16.2. The Bertz CT molecular complexity index is 1430. The molecule has 6 rings (SSSR count). The molecule has 11 nitrogen and oxygen atoms in total. The van der Waals surface area contributed by atoms with Gasteiger partial charge in [-0.15, -0.1) is 0 Å². The summed E-state index contributed by atoms with van der Waals surface area (Å²) in [6.45, 7) is 11.9. The van der Waals surface area contributed by atoms with Gasteiger partial charge in [-0.1, -0.05) is 6.07 Å². The Balaban J connectivity index is 1.59. The van der Waals surface area contributed by atoms with Crippen LogP contribution in [0.2, 0.25) is 0 Å². The first kappa shape index (κ1) is 19.9. The number of aromatic amines is 1. The summed E-state index contributed by atoms with van der Waals surface area (Å²) in [7, 11) is 0. The zero-order valence-corrected chi connectivity index (χ0v) is 18.0. The zero-order chi connectivity index (χ0) is 22.4. The Morgan fingerprint density at radius 1 is 1.15 bits per heavy atom. The van der Waals surface area contributed by atoms with Gasteiger partial charge in [0.25, 0.3) is 0 Å². The summed E-state index contributed by atoms with van der Waals surface area (Å²) in [5.41, 5.74) is 3.10. The van der Waals surface area contributed by atoms with Crippen LogP contribution in [0.15, 0.2) is 29.3 Å². The van der Waals surface area contributed by atoms with Gasteiger partial charge in [0.2, 0.25) is 5.95 Å². The average molecular weight is 445 g/mol. The molecule has 0 bridgehead atoms. The van der Waals surface area contributed by atoms with E-state index in [0.29, 0.717) is 41.8 Å². The lowest BCUT2D eigenvalue weighted by atomic mass is 10.1. The second-order valence-electron chi connectivity index (χ2n) is 8.33. The normalized spacial score (nSPS) is 17.6. The molecule has 0 amide bonds. The van der Waals surface area contributed by atoms with Gasteiger partial charge in [-0.05, 0) is 25.0 Å². The number of nitrogens with zero attached hydrogens (tertiary/aromatic N) is 7. The third-order valence-electron chi connectivity index (χ3n) is 6.39. The fourth-order valence-corrected chi connectivity index (χ4v) is 4.70. The van der Waals surface area contributed by atoms with Gasteiger partial charge in [0.15, 0.2) is 17.2 Å². The average Bonchev–Trinajstić information content (AvgIpc) is 3.44. The summed E-state index contributed by atoms with van der Waals surface area (Å²) in [5, 5.41) is 3.36. The maximum atomic E-state index is 13.1. The van der Waals surface area contributed by atoms with E-state index in [-0.39, 0.29) is 11.7 Å². The molecule has 0 aliphatic carbocycles. The van der Waals surface area contributed by atoms with Crippen molar-refractivity contribution in [2.24, 2.45) is 0 Å². The van der Waals surface area contributed by atoms with Gasteiger partial charge in [-0.2, -0.15) is 9.97 Å². The molecule has 4 aromatic rings. The summed E-state index contributed by atoms with van der Waals surface area (Å²) < 4.78 is 9.07. The second kappa shape index (κ2) is 7.99. The minimum atomic E-state index is -0.175. The number of hydrogen-bond donors (Lipinski definition) is 2. The maximum absolute atomic E-state index is 13.1. The number of nitrogens with one attached hydrogen (secondary N) is 2. The SMILES string of the molecule is [C-]#[N+]c1ccc2ncn(-c3nc(N4CCNCC4)c4[nH]c(=O)n(C5CCOCC5)c4n3)c2c1. The largest absolute Gasteiger partial charge is 0.381 e. The molecule has 2 saturated heterocycles. The monoisotopic (exact) mass is 445 g/mol. The molecule has 0 atom stereocenters. The zero-order valence-electron chi connectivity index (χ0n) is 18.0. The van der Waals surface area contributed by atoms with Crippen LogP contribution in [0.25, 0.3) is 33.0 Å². The summed E-state index contributed by atoms with van der Waals surface area (Å²) in [6.07, 6.45) is 3.19. The van der Waals surface area contributed by atoms with Crippen LogP contribution in [-0.2, 0) is 4.74 Å². The molecule has 5 heterocycles. The fraction of sp³-hybridized carbons (Fsp3) is 0.409. The lowest BCUT2D eigenvalue weighted by molar-refractivity contribution is 0.0697. The van der Waals surface area contributed by atoms with E-state index in [4.69, 9.17) is 21.3 Å². The molecule has 1 aromatic carbocycles. The smallest absolute Gasteiger partial charge is 0.328 e. The lowest BCUT2D eigenvalue weighted by Gasteiger charge is -2.29. The summed E-state index contributed by atoms with van der Waals surface area (Å²) in [6, 6.07) is 5.38. The molecule has 2 N–H and O–H groups in total. The number of piperazine rings is 1. The second-order valence-corrected chi connectivity index (χ2v) is 8.33. The van der Waals surface area contributed by atoms with E-state index >= 15 is 0 Å². The van der Waals surface area contributed by atoms with Crippen LogP contribution in [0.5, 0.6) is 0 Å². The molecule has 0 unspecified atom stereocenters. The number of hydrogen-bond acceptors (Lipinski definition) is 7. The molecule has 168 valence electrons. The molecule has 0 radical (unpaired) electrons. The van der Waals surface area contributed by atoms with Gasteiger partial charge in [0, 0.05) is 45.4 Å². The van der Waals surface area contributed by atoms with Gasteiger partial charge >= 0.3 is 5.69 Å². The number of rotatable bonds is 3. The number of benzene rings is 1. The van der Waals surface area contributed by atoms with Crippen LogP contribution in [0, 0.1) is 6.57 Å². The number of H-pyrrole nitrogens is 1. The Morgan fingerprint density at radius 3 is 2.76 bits per heavy atom. The van der Waals surface area contributed by atoms with Crippen molar-refractivity contribution < 1.29 is 4.74 Å².